The van der Waals surface area contributed by atoms with Gasteiger partial charge in [-0.2, -0.15) is 0 Å². The number of hydrogen-bond acceptors (Lipinski definition) is 5. The summed E-state index contributed by atoms with van der Waals surface area (Å²) in [6.07, 6.45) is 45.1. The van der Waals surface area contributed by atoms with Gasteiger partial charge in [-0.05, 0) is 77.8 Å². The lowest BCUT2D eigenvalue weighted by Gasteiger charge is -2.23. The number of carbonyl (C=O) groups excluding carboxylic acids is 1. The van der Waals surface area contributed by atoms with E-state index in [4.69, 9.17) is 4.74 Å². The number of carbonyl (C=O) groups is 1. The van der Waals surface area contributed by atoms with Gasteiger partial charge in [-0.25, -0.2) is 0 Å². The summed E-state index contributed by atoms with van der Waals surface area (Å²) in [5, 5.41) is 20.3. The van der Waals surface area contributed by atoms with Crippen LogP contribution in [0.25, 0.3) is 0 Å². The average Bonchev–Trinajstić information content (AvgIpc) is 3.14. The third kappa shape index (κ3) is 39.4. The van der Waals surface area contributed by atoms with Crippen LogP contribution in [0, 0.1) is 0 Å². The molecule has 0 saturated heterocycles. The van der Waals surface area contributed by atoms with Crippen LogP contribution in [0.5, 0.6) is 0 Å². The van der Waals surface area contributed by atoms with Crippen molar-refractivity contribution in [3.05, 3.63) is 0 Å². The van der Waals surface area contributed by atoms with E-state index < -0.39 is 5.60 Å². The Bertz CT molecular complexity index is 712. The van der Waals surface area contributed by atoms with Gasteiger partial charge in [-0.1, -0.05) is 194 Å². The third-order valence-electron chi connectivity index (χ3n) is 11.6. The first-order valence-electron chi connectivity index (χ1n) is 24.1. The summed E-state index contributed by atoms with van der Waals surface area (Å²) < 4.78 is 6.03. The second-order valence-electron chi connectivity index (χ2n) is 17.3. The molecule has 0 aromatic rings. The van der Waals surface area contributed by atoms with Gasteiger partial charge < -0.3 is 19.8 Å². The molecular formula is C48H97NO4. The van der Waals surface area contributed by atoms with Gasteiger partial charge >= 0.3 is 5.97 Å². The van der Waals surface area contributed by atoms with E-state index in [-0.39, 0.29) is 18.7 Å². The highest BCUT2D eigenvalue weighted by atomic mass is 16.5. The zero-order valence-electron chi connectivity index (χ0n) is 36.7. The third-order valence-corrected chi connectivity index (χ3v) is 11.6. The molecule has 0 saturated carbocycles. The first-order valence-corrected chi connectivity index (χ1v) is 24.1. The molecule has 0 fully saturated rings. The molecule has 1 unspecified atom stereocenters. The topological polar surface area (TPSA) is 70.0 Å². The minimum atomic E-state index is -0.479. The molecule has 0 aromatic heterocycles. The molecule has 318 valence electrons. The molecule has 1 atom stereocenters. The average molecular weight is 752 g/mol. The van der Waals surface area contributed by atoms with Crippen molar-refractivity contribution in [1.29, 1.82) is 0 Å². The highest BCUT2D eigenvalue weighted by molar-refractivity contribution is 5.69. The molecule has 53 heavy (non-hydrogen) atoms. The van der Waals surface area contributed by atoms with Gasteiger partial charge in [0.05, 0.1) is 12.2 Å². The van der Waals surface area contributed by atoms with Crippen LogP contribution in [-0.2, 0) is 9.53 Å². The van der Waals surface area contributed by atoms with Crippen LogP contribution in [-0.4, -0.2) is 59.0 Å². The molecule has 5 nitrogen and oxygen atoms in total. The first kappa shape index (κ1) is 52.3. The van der Waals surface area contributed by atoms with Crippen LogP contribution < -0.4 is 0 Å². The lowest BCUT2D eigenvalue weighted by molar-refractivity contribution is -0.150. The van der Waals surface area contributed by atoms with Crippen molar-refractivity contribution in [3.8, 4) is 0 Å². The van der Waals surface area contributed by atoms with Crippen molar-refractivity contribution in [2.75, 3.05) is 26.2 Å². The fraction of sp³-hybridized carbons (Fsp3) is 0.979. The Morgan fingerprint density at radius 1 is 0.491 bits per heavy atom. The van der Waals surface area contributed by atoms with Crippen molar-refractivity contribution in [2.24, 2.45) is 0 Å². The fourth-order valence-electron chi connectivity index (χ4n) is 7.91. The summed E-state index contributed by atoms with van der Waals surface area (Å²) in [5.41, 5.74) is -0.479. The molecule has 2 N–H and O–H groups in total. The van der Waals surface area contributed by atoms with Crippen LogP contribution >= 0.6 is 0 Å². The number of nitrogens with zero attached hydrogens (tertiary/aromatic N) is 1. The Labute approximate surface area is 333 Å². The first-order chi connectivity index (χ1) is 25.9. The van der Waals surface area contributed by atoms with Crippen molar-refractivity contribution < 1.29 is 19.7 Å². The molecular weight excluding hydrogens is 655 g/mol. The van der Waals surface area contributed by atoms with E-state index in [0.717, 1.165) is 64.6 Å². The predicted molar refractivity (Wildman–Crippen MR) is 232 cm³/mol. The summed E-state index contributed by atoms with van der Waals surface area (Å²) in [7, 11) is 0. The van der Waals surface area contributed by atoms with Gasteiger partial charge in [-0.3, -0.25) is 4.79 Å². The largest absolute Gasteiger partial charge is 0.462 e. The standard InChI is InChI=1S/C48H97NO4/c1-5-8-11-14-19-26-33-40-48(4,52)41-34-27-20-22-29-36-43-49(44-45-50)42-35-28-21-17-18-25-32-39-47(51)53-46(37-30-23-15-12-9-6-2)38-31-24-16-13-10-7-3/h46,50,52H,5-45H2,1-4H3. The van der Waals surface area contributed by atoms with Gasteiger partial charge in [0.25, 0.3) is 0 Å². The van der Waals surface area contributed by atoms with Gasteiger partial charge in [0, 0.05) is 13.0 Å². The monoisotopic (exact) mass is 752 g/mol. The molecule has 0 aliphatic rings. The molecule has 0 aliphatic carbocycles. The lowest BCUT2D eigenvalue weighted by atomic mass is 9.91. The predicted octanol–water partition coefficient (Wildman–Crippen LogP) is 14.4. The molecule has 0 aromatic carbocycles. The van der Waals surface area contributed by atoms with Crippen LogP contribution in [0.2, 0.25) is 0 Å². The molecule has 0 heterocycles. The van der Waals surface area contributed by atoms with Gasteiger partial charge in [0.1, 0.15) is 6.10 Å². The smallest absolute Gasteiger partial charge is 0.306 e. The van der Waals surface area contributed by atoms with Crippen molar-refractivity contribution >= 4 is 5.97 Å². The van der Waals surface area contributed by atoms with Gasteiger partial charge in [-0.15, -0.1) is 0 Å². The molecule has 5 heteroatoms. The second-order valence-corrected chi connectivity index (χ2v) is 17.3. The number of esters is 1. The summed E-state index contributed by atoms with van der Waals surface area (Å²) in [5.74, 6) is 0.0366. The number of ether oxygens (including phenoxy) is 1. The van der Waals surface area contributed by atoms with E-state index in [1.54, 1.807) is 0 Å². The lowest BCUT2D eigenvalue weighted by Crippen LogP contribution is -2.29. The van der Waals surface area contributed by atoms with Crippen LogP contribution in [0.3, 0.4) is 0 Å². The number of rotatable bonds is 44. The number of aliphatic hydroxyl groups excluding tert-OH is 1. The van der Waals surface area contributed by atoms with E-state index in [9.17, 15) is 15.0 Å². The van der Waals surface area contributed by atoms with Crippen molar-refractivity contribution in [1.82, 2.24) is 4.90 Å². The second kappa shape index (κ2) is 41.0. The Hall–Kier alpha value is -0.650. The SMILES string of the molecule is CCCCCCCCCC(C)(O)CCCCCCCCN(CCO)CCCCCCCCCC(=O)OC(CCCCCCCC)CCCCCCCC. The van der Waals surface area contributed by atoms with E-state index in [2.05, 4.69) is 25.7 Å². The van der Waals surface area contributed by atoms with E-state index in [1.165, 1.54) is 186 Å². The van der Waals surface area contributed by atoms with Crippen LogP contribution in [0.1, 0.15) is 265 Å². The molecule has 0 aliphatic heterocycles. The van der Waals surface area contributed by atoms with Crippen LogP contribution in [0.15, 0.2) is 0 Å². The Morgan fingerprint density at radius 2 is 0.830 bits per heavy atom. The van der Waals surface area contributed by atoms with E-state index in [0.29, 0.717) is 6.42 Å². The van der Waals surface area contributed by atoms with Crippen molar-refractivity contribution in [2.45, 2.75) is 277 Å². The van der Waals surface area contributed by atoms with Crippen molar-refractivity contribution in [3.63, 3.8) is 0 Å². The molecule has 0 amide bonds. The number of unbranched alkanes of at least 4 members (excludes halogenated alkanes) is 27. The summed E-state index contributed by atoms with van der Waals surface area (Å²) in [6, 6.07) is 0. The van der Waals surface area contributed by atoms with Gasteiger partial charge in [0.15, 0.2) is 0 Å². The maximum atomic E-state index is 12.7. The highest BCUT2D eigenvalue weighted by Crippen LogP contribution is 2.23. The fourth-order valence-corrected chi connectivity index (χ4v) is 7.91. The van der Waals surface area contributed by atoms with Gasteiger partial charge in [0.2, 0.25) is 0 Å². The minimum Gasteiger partial charge on any atom is -0.462 e. The Kier molecular flexibility index (Phi) is 40.5. The van der Waals surface area contributed by atoms with Crippen LogP contribution in [0.4, 0.5) is 0 Å². The molecule has 0 bridgehead atoms. The maximum absolute atomic E-state index is 12.7. The quantitative estimate of drug-likeness (QED) is 0.0479. The zero-order chi connectivity index (χ0) is 38.9. The number of aliphatic hydroxyl groups is 2. The highest BCUT2D eigenvalue weighted by Gasteiger charge is 2.19. The summed E-state index contributed by atoms with van der Waals surface area (Å²) in [4.78, 5) is 15.1. The maximum Gasteiger partial charge on any atom is 0.306 e. The summed E-state index contributed by atoms with van der Waals surface area (Å²) in [6.45, 7) is 12.1. The van der Waals surface area contributed by atoms with E-state index >= 15 is 0 Å². The Morgan fingerprint density at radius 3 is 1.23 bits per heavy atom. The van der Waals surface area contributed by atoms with E-state index in [1.807, 2.05) is 6.92 Å². The zero-order valence-corrected chi connectivity index (χ0v) is 36.7. The molecule has 0 rings (SSSR count). The number of hydrogen-bond donors (Lipinski definition) is 2. The Balaban J connectivity index is 3.92. The molecule has 0 spiro atoms. The minimum absolute atomic E-state index is 0.0366. The summed E-state index contributed by atoms with van der Waals surface area (Å²) >= 11 is 0. The molecule has 0 radical (unpaired) electrons. The normalized spacial score (nSPS) is 13.0.